The van der Waals surface area contributed by atoms with Crippen LogP contribution in [0.3, 0.4) is 0 Å². The minimum atomic E-state index is -0.333. The van der Waals surface area contributed by atoms with Crippen LogP contribution in [-0.4, -0.2) is 51.9 Å². The van der Waals surface area contributed by atoms with Crippen molar-refractivity contribution in [2.24, 2.45) is 7.05 Å². The number of carbonyl (C=O) groups excluding carboxylic acids is 1. The molecule has 1 N–H and O–H groups in total. The molecule has 2 amide bonds. The van der Waals surface area contributed by atoms with E-state index >= 15 is 0 Å². The van der Waals surface area contributed by atoms with E-state index in [0.717, 1.165) is 16.5 Å². The van der Waals surface area contributed by atoms with E-state index in [1.54, 1.807) is 21.8 Å². The number of hydrogen-bond acceptors (Lipinski definition) is 4. The number of carbonyl (C=O) groups is 1. The maximum atomic E-state index is 13.9. The number of nitrogens with one attached hydrogen (secondary N) is 1. The summed E-state index contributed by atoms with van der Waals surface area (Å²) in [7, 11) is 1.88. The fourth-order valence-electron chi connectivity index (χ4n) is 3.43. The summed E-state index contributed by atoms with van der Waals surface area (Å²) >= 11 is 0. The van der Waals surface area contributed by atoms with Crippen molar-refractivity contribution in [2.45, 2.75) is 6.54 Å². The molecule has 0 atom stereocenters. The van der Waals surface area contributed by atoms with Crippen LogP contribution in [0.4, 0.5) is 14.9 Å². The summed E-state index contributed by atoms with van der Waals surface area (Å²) in [6, 6.07) is 7.45. The largest absolute Gasteiger partial charge is 0.366 e. The number of benzene rings is 1. The first-order valence-corrected chi connectivity index (χ1v) is 8.90. The minimum absolute atomic E-state index is 0.106. The Bertz CT molecular complexity index is 964. The van der Waals surface area contributed by atoms with Crippen molar-refractivity contribution in [1.82, 2.24) is 25.0 Å². The Morgan fingerprint density at radius 2 is 2.04 bits per heavy atom. The lowest BCUT2D eigenvalue weighted by Gasteiger charge is -2.36. The van der Waals surface area contributed by atoms with Crippen LogP contribution in [0.5, 0.6) is 0 Å². The van der Waals surface area contributed by atoms with E-state index in [2.05, 4.69) is 15.4 Å². The topological polar surface area (TPSA) is 66.3 Å². The molecular formula is C19H21FN6O. The SMILES string of the molecule is Cn1cc2c(CNC(=O)N3CCN(c4ccncc4F)CC3)cccc2n1. The molecule has 0 bridgehead atoms. The van der Waals surface area contributed by atoms with Crippen LogP contribution in [0.1, 0.15) is 5.56 Å². The summed E-state index contributed by atoms with van der Waals surface area (Å²) < 4.78 is 15.6. The highest BCUT2D eigenvalue weighted by Crippen LogP contribution is 2.20. The Morgan fingerprint density at radius 1 is 1.22 bits per heavy atom. The standard InChI is InChI=1S/C19H21FN6O/c1-24-13-15-14(3-2-4-17(15)23-24)11-22-19(27)26-9-7-25(8-10-26)18-5-6-21-12-16(18)20/h2-6,12-13H,7-11H2,1H3,(H,22,27). The monoisotopic (exact) mass is 368 g/mol. The molecule has 0 spiro atoms. The molecule has 7 nitrogen and oxygen atoms in total. The highest BCUT2D eigenvalue weighted by Gasteiger charge is 2.22. The first-order valence-electron chi connectivity index (χ1n) is 8.90. The molecule has 0 saturated carbocycles. The summed E-state index contributed by atoms with van der Waals surface area (Å²) in [6.07, 6.45) is 4.75. The summed E-state index contributed by atoms with van der Waals surface area (Å²) in [4.78, 5) is 20.0. The number of anilines is 1. The van der Waals surface area contributed by atoms with Gasteiger partial charge in [0.15, 0.2) is 5.82 Å². The van der Waals surface area contributed by atoms with E-state index in [-0.39, 0.29) is 11.8 Å². The first-order chi connectivity index (χ1) is 13.1. The van der Waals surface area contributed by atoms with Crippen LogP contribution in [0.15, 0.2) is 42.9 Å². The Hall–Kier alpha value is -3.16. The van der Waals surface area contributed by atoms with Crippen LogP contribution in [0, 0.1) is 5.82 Å². The second-order valence-electron chi connectivity index (χ2n) is 6.61. The van der Waals surface area contributed by atoms with Crippen LogP contribution >= 0.6 is 0 Å². The summed E-state index contributed by atoms with van der Waals surface area (Å²) in [5.74, 6) is -0.333. The quantitative estimate of drug-likeness (QED) is 0.769. The van der Waals surface area contributed by atoms with Crippen molar-refractivity contribution in [1.29, 1.82) is 0 Å². The van der Waals surface area contributed by atoms with E-state index in [1.807, 2.05) is 36.3 Å². The molecule has 1 aromatic carbocycles. The molecule has 2 aromatic heterocycles. The molecule has 0 aliphatic carbocycles. The maximum absolute atomic E-state index is 13.9. The third-order valence-corrected chi connectivity index (χ3v) is 4.84. The Morgan fingerprint density at radius 3 is 2.81 bits per heavy atom. The number of urea groups is 1. The fourth-order valence-corrected chi connectivity index (χ4v) is 3.43. The van der Waals surface area contributed by atoms with Crippen LogP contribution in [0.25, 0.3) is 10.9 Å². The van der Waals surface area contributed by atoms with Gasteiger partial charge in [-0.2, -0.15) is 5.10 Å². The molecule has 8 heteroatoms. The molecule has 1 fully saturated rings. The van der Waals surface area contributed by atoms with Crippen molar-refractivity contribution in [3.05, 3.63) is 54.2 Å². The minimum Gasteiger partial charge on any atom is -0.366 e. The lowest BCUT2D eigenvalue weighted by molar-refractivity contribution is 0.194. The van der Waals surface area contributed by atoms with Gasteiger partial charge in [0.05, 0.1) is 17.4 Å². The summed E-state index contributed by atoms with van der Waals surface area (Å²) in [5.41, 5.74) is 2.48. The van der Waals surface area contributed by atoms with Crippen molar-refractivity contribution < 1.29 is 9.18 Å². The highest BCUT2D eigenvalue weighted by atomic mass is 19.1. The van der Waals surface area contributed by atoms with Gasteiger partial charge < -0.3 is 15.1 Å². The normalized spacial score (nSPS) is 14.6. The highest BCUT2D eigenvalue weighted by molar-refractivity contribution is 5.82. The number of pyridine rings is 1. The molecule has 0 unspecified atom stereocenters. The number of aryl methyl sites for hydroxylation is 1. The number of aromatic nitrogens is 3. The molecule has 140 valence electrons. The van der Waals surface area contributed by atoms with Gasteiger partial charge in [0.1, 0.15) is 0 Å². The zero-order valence-corrected chi connectivity index (χ0v) is 15.1. The molecule has 0 radical (unpaired) electrons. The Balaban J connectivity index is 1.35. The lowest BCUT2D eigenvalue weighted by Crippen LogP contribution is -2.51. The number of hydrogen-bond donors (Lipinski definition) is 1. The molecule has 1 aliphatic rings. The van der Waals surface area contributed by atoms with Crippen molar-refractivity contribution in [2.75, 3.05) is 31.1 Å². The number of piperazine rings is 1. The van der Waals surface area contributed by atoms with Gasteiger partial charge in [-0.1, -0.05) is 12.1 Å². The van der Waals surface area contributed by atoms with E-state index < -0.39 is 0 Å². The number of nitrogens with zero attached hydrogens (tertiary/aromatic N) is 5. The third-order valence-electron chi connectivity index (χ3n) is 4.84. The number of fused-ring (bicyclic) bond motifs is 1. The van der Waals surface area contributed by atoms with Crippen LogP contribution in [0.2, 0.25) is 0 Å². The van der Waals surface area contributed by atoms with Crippen LogP contribution < -0.4 is 10.2 Å². The van der Waals surface area contributed by atoms with Gasteiger partial charge in [-0.25, -0.2) is 9.18 Å². The Kier molecular flexibility index (Phi) is 4.62. The van der Waals surface area contributed by atoms with Crippen LogP contribution in [-0.2, 0) is 13.6 Å². The van der Waals surface area contributed by atoms with E-state index in [9.17, 15) is 9.18 Å². The summed E-state index contributed by atoms with van der Waals surface area (Å²) in [6.45, 7) is 2.72. The van der Waals surface area contributed by atoms with E-state index in [0.29, 0.717) is 38.4 Å². The molecule has 3 aromatic rings. The molecule has 4 rings (SSSR count). The zero-order valence-electron chi connectivity index (χ0n) is 15.1. The van der Waals surface area contributed by atoms with Gasteiger partial charge >= 0.3 is 6.03 Å². The Labute approximate surface area is 156 Å². The molecule has 1 saturated heterocycles. The molecule has 3 heterocycles. The van der Waals surface area contributed by atoms with Gasteiger partial charge in [0.25, 0.3) is 0 Å². The predicted molar refractivity (Wildman–Crippen MR) is 101 cm³/mol. The molecule has 1 aliphatic heterocycles. The third kappa shape index (κ3) is 3.55. The van der Waals surface area contributed by atoms with Gasteiger partial charge in [0.2, 0.25) is 0 Å². The second-order valence-corrected chi connectivity index (χ2v) is 6.61. The van der Waals surface area contributed by atoms with Gasteiger partial charge in [-0.3, -0.25) is 9.67 Å². The molecule has 27 heavy (non-hydrogen) atoms. The van der Waals surface area contributed by atoms with Crippen molar-refractivity contribution in [3.63, 3.8) is 0 Å². The number of halogens is 1. The smallest absolute Gasteiger partial charge is 0.317 e. The van der Waals surface area contributed by atoms with Crippen molar-refractivity contribution >= 4 is 22.6 Å². The number of amides is 2. The van der Waals surface area contributed by atoms with E-state index in [1.165, 1.54) is 6.20 Å². The second kappa shape index (κ2) is 7.22. The average Bonchev–Trinajstić information content (AvgIpc) is 3.07. The average molecular weight is 368 g/mol. The number of rotatable bonds is 3. The predicted octanol–water partition coefficient (Wildman–Crippen LogP) is 2.14. The van der Waals surface area contributed by atoms with Gasteiger partial charge in [0, 0.05) is 57.6 Å². The zero-order chi connectivity index (χ0) is 18.8. The summed E-state index contributed by atoms with van der Waals surface area (Å²) in [5, 5.41) is 8.41. The van der Waals surface area contributed by atoms with E-state index in [4.69, 9.17) is 0 Å². The molecular weight excluding hydrogens is 347 g/mol. The van der Waals surface area contributed by atoms with Crippen molar-refractivity contribution in [3.8, 4) is 0 Å². The van der Waals surface area contributed by atoms with Gasteiger partial charge in [-0.05, 0) is 17.7 Å². The lowest BCUT2D eigenvalue weighted by atomic mass is 10.1. The fraction of sp³-hybridized carbons (Fsp3) is 0.316. The maximum Gasteiger partial charge on any atom is 0.317 e. The van der Waals surface area contributed by atoms with Gasteiger partial charge in [-0.15, -0.1) is 0 Å². The first kappa shape index (κ1) is 17.3.